The van der Waals surface area contributed by atoms with Gasteiger partial charge < -0.3 is 4.98 Å². The van der Waals surface area contributed by atoms with Gasteiger partial charge >= 0.3 is 0 Å². The zero-order valence-electron chi connectivity index (χ0n) is 12.9. The molecule has 0 aliphatic carbocycles. The molecule has 0 amide bonds. The van der Waals surface area contributed by atoms with Crippen LogP contribution in [-0.2, 0) is 16.4 Å². The van der Waals surface area contributed by atoms with Crippen LogP contribution < -0.4 is 4.31 Å². The zero-order valence-corrected chi connectivity index (χ0v) is 13.8. The van der Waals surface area contributed by atoms with Crippen molar-refractivity contribution in [3.8, 4) is 0 Å². The third-order valence-electron chi connectivity index (χ3n) is 4.27. The maximum absolute atomic E-state index is 13.1. The number of hydrogen-bond donors (Lipinski definition) is 1. The topological polar surface area (TPSA) is 66.1 Å². The molecule has 0 saturated heterocycles. The number of sulfonamides is 1. The van der Waals surface area contributed by atoms with E-state index in [-0.39, 0.29) is 10.9 Å². The molecule has 0 bridgehead atoms. The first kappa shape index (κ1) is 14.3. The predicted molar refractivity (Wildman–Crippen MR) is 90.1 cm³/mol. The summed E-state index contributed by atoms with van der Waals surface area (Å²) in [5, 5.41) is 0. The quantitative estimate of drug-likeness (QED) is 0.787. The molecule has 6 heteroatoms. The fourth-order valence-corrected chi connectivity index (χ4v) is 5.01. The average molecular weight is 327 g/mol. The van der Waals surface area contributed by atoms with Crippen molar-refractivity contribution >= 4 is 26.7 Å². The zero-order chi connectivity index (χ0) is 16.2. The van der Waals surface area contributed by atoms with Gasteiger partial charge in [-0.05, 0) is 50.1 Å². The number of rotatable bonds is 2. The largest absolute Gasteiger partial charge is 0.342 e. The molecule has 0 radical (unpaired) electrons. The first-order chi connectivity index (χ1) is 11.0. The highest BCUT2D eigenvalue weighted by molar-refractivity contribution is 7.92. The van der Waals surface area contributed by atoms with Crippen molar-refractivity contribution in [3.05, 3.63) is 53.9 Å². The van der Waals surface area contributed by atoms with Crippen molar-refractivity contribution in [2.24, 2.45) is 0 Å². The summed E-state index contributed by atoms with van der Waals surface area (Å²) in [6, 6.07) is 12.6. The molecule has 2 heterocycles. The Morgan fingerprint density at radius 3 is 2.83 bits per heavy atom. The maximum Gasteiger partial charge on any atom is 0.264 e. The van der Waals surface area contributed by atoms with Crippen molar-refractivity contribution in [2.45, 2.75) is 31.2 Å². The van der Waals surface area contributed by atoms with Gasteiger partial charge in [-0.2, -0.15) is 0 Å². The molecule has 0 saturated carbocycles. The minimum atomic E-state index is -3.60. The van der Waals surface area contributed by atoms with Gasteiger partial charge in [0.25, 0.3) is 10.0 Å². The van der Waals surface area contributed by atoms with Crippen molar-refractivity contribution < 1.29 is 8.42 Å². The Morgan fingerprint density at radius 2 is 2.00 bits per heavy atom. The Kier molecular flexibility index (Phi) is 2.99. The average Bonchev–Trinajstić information content (AvgIpc) is 3.04. The normalized spacial score (nSPS) is 17.7. The molecule has 1 aliphatic heterocycles. The summed E-state index contributed by atoms with van der Waals surface area (Å²) in [7, 11) is -3.60. The van der Waals surface area contributed by atoms with E-state index in [9.17, 15) is 8.42 Å². The summed E-state index contributed by atoms with van der Waals surface area (Å²) in [5.74, 6) is 0.773. The number of hydrogen-bond acceptors (Lipinski definition) is 3. The van der Waals surface area contributed by atoms with Gasteiger partial charge in [-0.15, -0.1) is 0 Å². The van der Waals surface area contributed by atoms with Crippen molar-refractivity contribution in [2.75, 3.05) is 4.31 Å². The second kappa shape index (κ2) is 4.83. The summed E-state index contributed by atoms with van der Waals surface area (Å²) >= 11 is 0. The Balaban J connectivity index is 1.86. The smallest absolute Gasteiger partial charge is 0.264 e. The second-order valence-corrected chi connectivity index (χ2v) is 7.80. The van der Waals surface area contributed by atoms with Crippen LogP contribution in [0, 0.1) is 6.92 Å². The van der Waals surface area contributed by atoms with Gasteiger partial charge in [0.1, 0.15) is 5.82 Å². The predicted octanol–water partition coefficient (Wildman–Crippen LogP) is 3.01. The molecule has 0 spiro atoms. The standard InChI is InChI=1S/C17H17N3O2S/c1-11-9-13-5-3-4-6-17(13)20(11)23(21,22)14-7-8-15-16(10-14)19-12(2)18-15/h3-8,10-11H,9H2,1-2H3,(H,18,19). The van der Waals surface area contributed by atoms with Crippen LogP contribution in [0.4, 0.5) is 5.69 Å². The number of fused-ring (bicyclic) bond motifs is 2. The SMILES string of the molecule is Cc1nc2ccc(S(=O)(=O)N3c4ccccc4CC3C)cc2[nH]1. The van der Waals surface area contributed by atoms with Gasteiger partial charge in [0.05, 0.1) is 21.6 Å². The first-order valence-electron chi connectivity index (χ1n) is 7.55. The summed E-state index contributed by atoms with van der Waals surface area (Å²) in [6.45, 7) is 3.80. The molecule has 2 aromatic carbocycles. The minimum Gasteiger partial charge on any atom is -0.342 e. The van der Waals surface area contributed by atoms with Crippen LogP contribution >= 0.6 is 0 Å². The molecule has 1 unspecified atom stereocenters. The third-order valence-corrected chi connectivity index (χ3v) is 6.20. The number of aromatic nitrogens is 2. The Bertz CT molecular complexity index is 1010. The summed E-state index contributed by atoms with van der Waals surface area (Å²) < 4.78 is 27.8. The van der Waals surface area contributed by atoms with E-state index >= 15 is 0 Å². The van der Waals surface area contributed by atoms with Crippen molar-refractivity contribution in [1.29, 1.82) is 0 Å². The van der Waals surface area contributed by atoms with E-state index in [0.29, 0.717) is 0 Å². The lowest BCUT2D eigenvalue weighted by atomic mass is 10.1. The molecular weight excluding hydrogens is 310 g/mol. The Hall–Kier alpha value is -2.34. The van der Waals surface area contributed by atoms with E-state index in [1.54, 1.807) is 18.2 Å². The fourth-order valence-electron chi connectivity index (χ4n) is 3.29. The first-order valence-corrected chi connectivity index (χ1v) is 8.99. The molecule has 4 rings (SSSR count). The van der Waals surface area contributed by atoms with Crippen molar-refractivity contribution in [3.63, 3.8) is 0 Å². The van der Waals surface area contributed by atoms with Gasteiger partial charge in [0.2, 0.25) is 0 Å². The molecule has 23 heavy (non-hydrogen) atoms. The number of aromatic amines is 1. The molecule has 5 nitrogen and oxygen atoms in total. The van der Waals surface area contributed by atoms with E-state index in [2.05, 4.69) is 9.97 Å². The maximum atomic E-state index is 13.1. The van der Waals surface area contributed by atoms with Gasteiger partial charge in [0, 0.05) is 6.04 Å². The van der Waals surface area contributed by atoms with E-state index in [1.807, 2.05) is 38.1 Å². The second-order valence-electron chi connectivity index (χ2n) is 5.98. The number of aryl methyl sites for hydroxylation is 1. The van der Waals surface area contributed by atoms with E-state index in [1.165, 1.54) is 4.31 Å². The highest BCUT2D eigenvalue weighted by Crippen LogP contribution is 2.36. The molecule has 1 aromatic heterocycles. The highest BCUT2D eigenvalue weighted by atomic mass is 32.2. The number of imidazole rings is 1. The Labute approximate surface area is 135 Å². The molecular formula is C17H17N3O2S. The van der Waals surface area contributed by atoms with Gasteiger partial charge in [-0.25, -0.2) is 13.4 Å². The molecule has 3 aromatic rings. The lowest BCUT2D eigenvalue weighted by molar-refractivity contribution is 0.584. The van der Waals surface area contributed by atoms with E-state index < -0.39 is 10.0 Å². The highest BCUT2D eigenvalue weighted by Gasteiger charge is 2.35. The van der Waals surface area contributed by atoms with Crippen LogP contribution in [0.1, 0.15) is 18.3 Å². The van der Waals surface area contributed by atoms with Crippen LogP contribution in [0.3, 0.4) is 0 Å². The molecule has 0 fully saturated rings. The fraction of sp³-hybridized carbons (Fsp3) is 0.235. The van der Waals surface area contributed by atoms with E-state index in [4.69, 9.17) is 0 Å². The lowest BCUT2D eigenvalue weighted by Gasteiger charge is -2.24. The molecule has 1 aliphatic rings. The van der Waals surface area contributed by atoms with Crippen LogP contribution in [0.15, 0.2) is 47.4 Å². The lowest BCUT2D eigenvalue weighted by Crippen LogP contribution is -2.35. The summed E-state index contributed by atoms with van der Waals surface area (Å²) in [4.78, 5) is 7.71. The summed E-state index contributed by atoms with van der Waals surface area (Å²) in [6.07, 6.45) is 0.737. The monoisotopic (exact) mass is 327 g/mol. The van der Waals surface area contributed by atoms with Crippen LogP contribution in [0.25, 0.3) is 11.0 Å². The number of benzene rings is 2. The van der Waals surface area contributed by atoms with Gasteiger partial charge in [-0.3, -0.25) is 4.31 Å². The van der Waals surface area contributed by atoms with Crippen LogP contribution in [0.2, 0.25) is 0 Å². The van der Waals surface area contributed by atoms with Crippen LogP contribution in [-0.4, -0.2) is 24.4 Å². The van der Waals surface area contributed by atoms with E-state index in [0.717, 1.165) is 34.5 Å². The summed E-state index contributed by atoms with van der Waals surface area (Å²) in [5.41, 5.74) is 3.36. The third kappa shape index (κ3) is 2.13. The molecule has 118 valence electrons. The number of para-hydroxylation sites is 1. The molecule has 1 N–H and O–H groups in total. The molecule has 1 atom stereocenters. The number of nitrogens with one attached hydrogen (secondary N) is 1. The van der Waals surface area contributed by atoms with Gasteiger partial charge in [0.15, 0.2) is 0 Å². The minimum absolute atomic E-state index is 0.0865. The number of H-pyrrole nitrogens is 1. The number of anilines is 1. The van der Waals surface area contributed by atoms with Crippen LogP contribution in [0.5, 0.6) is 0 Å². The van der Waals surface area contributed by atoms with Gasteiger partial charge in [-0.1, -0.05) is 18.2 Å². The Morgan fingerprint density at radius 1 is 1.22 bits per heavy atom. The number of nitrogens with zero attached hydrogens (tertiary/aromatic N) is 2. The van der Waals surface area contributed by atoms with Crippen molar-refractivity contribution in [1.82, 2.24) is 9.97 Å².